The van der Waals surface area contributed by atoms with Crippen LogP contribution in [-0.2, 0) is 0 Å². The van der Waals surface area contributed by atoms with Crippen molar-refractivity contribution in [2.75, 3.05) is 20.8 Å². The fourth-order valence-corrected chi connectivity index (χ4v) is 1.59. The van der Waals surface area contributed by atoms with Crippen LogP contribution in [0.4, 0.5) is 0 Å². The first-order valence-electron chi connectivity index (χ1n) is 6.00. The van der Waals surface area contributed by atoms with Gasteiger partial charge in [0.15, 0.2) is 0 Å². The van der Waals surface area contributed by atoms with Crippen LogP contribution in [0.5, 0.6) is 17.2 Å². The van der Waals surface area contributed by atoms with Crippen LogP contribution >= 0.6 is 0 Å². The van der Waals surface area contributed by atoms with Crippen molar-refractivity contribution in [3.05, 3.63) is 18.2 Å². The molecule has 0 aliphatic rings. The SMILES string of the molecule is COc1cc(OC)cc(OC(CN)C(C)(C)C)c1. The maximum absolute atomic E-state index is 5.93. The van der Waals surface area contributed by atoms with Crippen molar-refractivity contribution in [3.63, 3.8) is 0 Å². The predicted octanol–water partition coefficient (Wildman–Crippen LogP) is 2.46. The number of nitrogens with two attached hydrogens (primary N) is 1. The monoisotopic (exact) mass is 253 g/mol. The molecule has 1 atom stereocenters. The van der Waals surface area contributed by atoms with Gasteiger partial charge in [-0.05, 0) is 0 Å². The van der Waals surface area contributed by atoms with Crippen molar-refractivity contribution < 1.29 is 14.2 Å². The second-order valence-corrected chi connectivity index (χ2v) is 5.26. The molecule has 0 saturated carbocycles. The standard InChI is InChI=1S/C14H23NO3/c1-14(2,3)13(9-15)18-12-7-10(16-4)6-11(8-12)17-5/h6-8,13H,9,15H2,1-5H3. The Labute approximate surface area is 109 Å². The third-order valence-corrected chi connectivity index (χ3v) is 2.78. The first kappa shape index (κ1) is 14.6. The molecule has 2 N–H and O–H groups in total. The minimum Gasteiger partial charge on any atom is -0.496 e. The van der Waals surface area contributed by atoms with Crippen molar-refractivity contribution in [1.82, 2.24) is 0 Å². The van der Waals surface area contributed by atoms with Gasteiger partial charge in [0, 0.05) is 30.2 Å². The lowest BCUT2D eigenvalue weighted by molar-refractivity contribution is 0.0936. The number of methoxy groups -OCH3 is 2. The van der Waals surface area contributed by atoms with Gasteiger partial charge in [0.2, 0.25) is 0 Å². The van der Waals surface area contributed by atoms with E-state index in [1.54, 1.807) is 20.3 Å². The van der Waals surface area contributed by atoms with Crippen LogP contribution in [-0.4, -0.2) is 26.9 Å². The molecule has 0 heterocycles. The van der Waals surface area contributed by atoms with Gasteiger partial charge in [-0.25, -0.2) is 0 Å². The smallest absolute Gasteiger partial charge is 0.127 e. The molecule has 1 unspecified atom stereocenters. The quantitative estimate of drug-likeness (QED) is 0.875. The van der Waals surface area contributed by atoms with Crippen LogP contribution in [0.25, 0.3) is 0 Å². The highest BCUT2D eigenvalue weighted by atomic mass is 16.5. The van der Waals surface area contributed by atoms with Gasteiger partial charge in [-0.3, -0.25) is 0 Å². The van der Waals surface area contributed by atoms with Gasteiger partial charge in [-0.15, -0.1) is 0 Å². The lowest BCUT2D eigenvalue weighted by atomic mass is 9.89. The molecule has 4 nitrogen and oxygen atoms in total. The fourth-order valence-electron chi connectivity index (χ4n) is 1.59. The first-order valence-corrected chi connectivity index (χ1v) is 6.00. The summed E-state index contributed by atoms with van der Waals surface area (Å²) in [6.07, 6.45) is -0.0608. The Bertz CT molecular complexity index is 363. The number of benzene rings is 1. The summed E-state index contributed by atoms with van der Waals surface area (Å²) in [5.74, 6) is 2.11. The molecule has 1 aromatic carbocycles. The summed E-state index contributed by atoms with van der Waals surface area (Å²) in [4.78, 5) is 0. The number of hydrogen-bond acceptors (Lipinski definition) is 4. The normalized spacial score (nSPS) is 13.0. The molecule has 0 radical (unpaired) electrons. The second kappa shape index (κ2) is 5.96. The molecule has 1 rings (SSSR count). The van der Waals surface area contributed by atoms with E-state index in [1.165, 1.54) is 0 Å². The van der Waals surface area contributed by atoms with E-state index in [2.05, 4.69) is 20.8 Å². The molecule has 18 heavy (non-hydrogen) atoms. The summed E-state index contributed by atoms with van der Waals surface area (Å²) in [7, 11) is 3.23. The van der Waals surface area contributed by atoms with E-state index >= 15 is 0 Å². The second-order valence-electron chi connectivity index (χ2n) is 5.26. The van der Waals surface area contributed by atoms with Crippen molar-refractivity contribution in [3.8, 4) is 17.2 Å². The molecule has 0 bridgehead atoms. The van der Waals surface area contributed by atoms with Crippen molar-refractivity contribution in [2.24, 2.45) is 11.1 Å². The molecule has 1 aromatic rings. The molecule has 0 fully saturated rings. The van der Waals surface area contributed by atoms with Gasteiger partial charge in [0.05, 0.1) is 14.2 Å². The summed E-state index contributed by atoms with van der Waals surface area (Å²) < 4.78 is 16.3. The third kappa shape index (κ3) is 3.81. The summed E-state index contributed by atoms with van der Waals surface area (Å²) in [5.41, 5.74) is 5.74. The molecule has 102 valence electrons. The average Bonchev–Trinajstić information content (AvgIpc) is 2.33. The Morgan fingerprint density at radius 3 is 1.78 bits per heavy atom. The zero-order chi connectivity index (χ0) is 13.8. The molecule has 0 aliphatic heterocycles. The van der Waals surface area contributed by atoms with Crippen LogP contribution in [0, 0.1) is 5.41 Å². The molecule has 0 amide bonds. The molecule has 0 spiro atoms. The number of hydrogen-bond donors (Lipinski definition) is 1. The molecule has 4 heteroatoms. The van der Waals surface area contributed by atoms with Crippen LogP contribution in [0.15, 0.2) is 18.2 Å². The molecule has 0 saturated heterocycles. The lowest BCUT2D eigenvalue weighted by Gasteiger charge is -2.30. The van der Waals surface area contributed by atoms with E-state index in [0.717, 1.165) is 0 Å². The zero-order valence-electron chi connectivity index (χ0n) is 11.8. The van der Waals surface area contributed by atoms with Gasteiger partial charge < -0.3 is 19.9 Å². The van der Waals surface area contributed by atoms with Gasteiger partial charge >= 0.3 is 0 Å². The van der Waals surface area contributed by atoms with E-state index in [-0.39, 0.29) is 11.5 Å². The highest BCUT2D eigenvalue weighted by Gasteiger charge is 2.25. The Balaban J connectivity index is 2.95. The van der Waals surface area contributed by atoms with Gasteiger partial charge in [0.1, 0.15) is 23.4 Å². The summed E-state index contributed by atoms with van der Waals surface area (Å²) >= 11 is 0. The molecule has 0 aromatic heterocycles. The topological polar surface area (TPSA) is 53.7 Å². The maximum Gasteiger partial charge on any atom is 0.127 e. The predicted molar refractivity (Wildman–Crippen MR) is 72.5 cm³/mol. The number of ether oxygens (including phenoxy) is 3. The Morgan fingerprint density at radius 2 is 1.44 bits per heavy atom. The van der Waals surface area contributed by atoms with Crippen LogP contribution < -0.4 is 19.9 Å². The van der Waals surface area contributed by atoms with E-state index in [0.29, 0.717) is 23.8 Å². The molecular weight excluding hydrogens is 230 g/mol. The summed E-state index contributed by atoms with van der Waals surface area (Å²) in [6, 6.07) is 5.47. The van der Waals surface area contributed by atoms with Crippen LogP contribution in [0.1, 0.15) is 20.8 Å². The lowest BCUT2D eigenvalue weighted by Crippen LogP contribution is -2.38. The van der Waals surface area contributed by atoms with Gasteiger partial charge in [0.25, 0.3) is 0 Å². The Hall–Kier alpha value is -1.42. The van der Waals surface area contributed by atoms with Crippen LogP contribution in [0.3, 0.4) is 0 Å². The maximum atomic E-state index is 5.93. The first-order chi connectivity index (χ1) is 8.40. The highest BCUT2D eigenvalue weighted by molar-refractivity contribution is 5.42. The Morgan fingerprint density at radius 1 is 1.00 bits per heavy atom. The van der Waals surface area contributed by atoms with Crippen molar-refractivity contribution >= 4 is 0 Å². The molecular formula is C14H23NO3. The minimum atomic E-state index is -0.0608. The van der Waals surface area contributed by atoms with E-state index in [1.807, 2.05) is 12.1 Å². The van der Waals surface area contributed by atoms with Crippen LogP contribution in [0.2, 0.25) is 0 Å². The van der Waals surface area contributed by atoms with E-state index < -0.39 is 0 Å². The van der Waals surface area contributed by atoms with E-state index in [4.69, 9.17) is 19.9 Å². The largest absolute Gasteiger partial charge is 0.496 e. The van der Waals surface area contributed by atoms with E-state index in [9.17, 15) is 0 Å². The summed E-state index contributed by atoms with van der Waals surface area (Å²) in [5, 5.41) is 0. The summed E-state index contributed by atoms with van der Waals surface area (Å²) in [6.45, 7) is 6.76. The Kier molecular flexibility index (Phi) is 4.84. The number of rotatable bonds is 5. The van der Waals surface area contributed by atoms with Crippen molar-refractivity contribution in [1.29, 1.82) is 0 Å². The fraction of sp³-hybridized carbons (Fsp3) is 0.571. The highest BCUT2D eigenvalue weighted by Crippen LogP contribution is 2.30. The van der Waals surface area contributed by atoms with Gasteiger partial charge in [-0.1, -0.05) is 20.8 Å². The van der Waals surface area contributed by atoms with Gasteiger partial charge in [-0.2, -0.15) is 0 Å². The average molecular weight is 253 g/mol. The molecule has 0 aliphatic carbocycles. The van der Waals surface area contributed by atoms with Crippen molar-refractivity contribution in [2.45, 2.75) is 26.9 Å². The third-order valence-electron chi connectivity index (χ3n) is 2.78. The minimum absolute atomic E-state index is 0.0228. The zero-order valence-corrected chi connectivity index (χ0v) is 11.8.